The van der Waals surface area contributed by atoms with E-state index >= 15 is 0 Å². The average molecular weight is 375 g/mol. The zero-order valence-electron chi connectivity index (χ0n) is 15.8. The van der Waals surface area contributed by atoms with Crippen LogP contribution in [0.4, 0.5) is 0 Å². The molecule has 0 unspecified atom stereocenters. The summed E-state index contributed by atoms with van der Waals surface area (Å²) < 4.78 is 7.29. The molecule has 2 aromatic carbocycles. The minimum atomic E-state index is -0.200. The number of amides is 1. The Morgan fingerprint density at radius 3 is 2.71 bits per heavy atom. The normalized spacial score (nSPS) is 10.9. The van der Waals surface area contributed by atoms with E-state index in [-0.39, 0.29) is 5.91 Å². The molecule has 0 radical (unpaired) electrons. The van der Waals surface area contributed by atoms with Crippen LogP contribution in [0, 0.1) is 0 Å². The number of carbonyl (C=O) groups is 1. The number of aromatic amines is 1. The minimum Gasteiger partial charge on any atom is -0.497 e. The van der Waals surface area contributed by atoms with Crippen LogP contribution < -0.4 is 10.1 Å². The van der Waals surface area contributed by atoms with Crippen molar-refractivity contribution in [3.63, 3.8) is 0 Å². The van der Waals surface area contributed by atoms with Gasteiger partial charge in [-0.15, -0.1) is 0 Å². The lowest BCUT2D eigenvalue weighted by Crippen LogP contribution is -2.24. The van der Waals surface area contributed by atoms with E-state index in [1.54, 1.807) is 7.11 Å². The lowest BCUT2D eigenvalue weighted by molar-refractivity contribution is 0.0950. The first-order chi connectivity index (χ1) is 13.7. The second-order valence-electron chi connectivity index (χ2n) is 6.33. The minimum absolute atomic E-state index is 0.200. The zero-order valence-corrected chi connectivity index (χ0v) is 15.8. The predicted molar refractivity (Wildman–Crippen MR) is 107 cm³/mol. The maximum absolute atomic E-state index is 12.8. The van der Waals surface area contributed by atoms with E-state index in [1.165, 1.54) is 6.20 Å². The fourth-order valence-corrected chi connectivity index (χ4v) is 3.30. The lowest BCUT2D eigenvalue weighted by atomic mass is 10.1. The Labute approximate surface area is 162 Å². The summed E-state index contributed by atoms with van der Waals surface area (Å²) in [7, 11) is 1.62. The molecule has 0 atom stereocenters. The monoisotopic (exact) mass is 375 g/mol. The largest absolute Gasteiger partial charge is 0.497 e. The van der Waals surface area contributed by atoms with Gasteiger partial charge in [0.1, 0.15) is 11.6 Å². The van der Waals surface area contributed by atoms with Crippen molar-refractivity contribution >= 4 is 16.9 Å². The van der Waals surface area contributed by atoms with Gasteiger partial charge < -0.3 is 14.6 Å². The number of hydrogen-bond donors (Lipinski definition) is 2. The molecular formula is C21H21N5O2. The first kappa shape index (κ1) is 17.8. The number of para-hydroxylation sites is 2. The Morgan fingerprint density at radius 1 is 1.18 bits per heavy atom. The van der Waals surface area contributed by atoms with Crippen LogP contribution in [-0.2, 0) is 13.1 Å². The van der Waals surface area contributed by atoms with Crippen LogP contribution in [0.3, 0.4) is 0 Å². The van der Waals surface area contributed by atoms with Crippen LogP contribution >= 0.6 is 0 Å². The summed E-state index contributed by atoms with van der Waals surface area (Å²) in [6.45, 7) is 3.19. The van der Waals surface area contributed by atoms with Crippen molar-refractivity contribution in [2.75, 3.05) is 7.11 Å². The summed E-state index contributed by atoms with van der Waals surface area (Å²) in [5.74, 6) is 1.38. The molecule has 0 aliphatic heterocycles. The third-order valence-electron chi connectivity index (χ3n) is 4.72. The number of nitrogens with zero attached hydrogens (tertiary/aromatic N) is 3. The Kier molecular flexibility index (Phi) is 4.80. The predicted octanol–water partition coefficient (Wildman–Crippen LogP) is 3.38. The molecular weight excluding hydrogens is 354 g/mol. The van der Waals surface area contributed by atoms with Crippen molar-refractivity contribution in [1.29, 1.82) is 0 Å². The van der Waals surface area contributed by atoms with Gasteiger partial charge in [0.15, 0.2) is 0 Å². The number of imidazole rings is 1. The molecule has 0 bridgehead atoms. The maximum atomic E-state index is 12.8. The summed E-state index contributed by atoms with van der Waals surface area (Å²) in [6.07, 6.45) is 1.54. The molecule has 0 aliphatic rings. The fourth-order valence-electron chi connectivity index (χ4n) is 3.30. The van der Waals surface area contributed by atoms with Gasteiger partial charge in [-0.1, -0.05) is 12.1 Å². The average Bonchev–Trinajstić information content (AvgIpc) is 3.36. The molecule has 4 aromatic rings. The molecule has 1 amide bonds. The van der Waals surface area contributed by atoms with Gasteiger partial charge in [0.2, 0.25) is 0 Å². The number of aromatic nitrogens is 4. The van der Waals surface area contributed by atoms with Crippen LogP contribution in [0.5, 0.6) is 5.75 Å². The summed E-state index contributed by atoms with van der Waals surface area (Å²) >= 11 is 0. The van der Waals surface area contributed by atoms with Crippen molar-refractivity contribution in [3.05, 3.63) is 66.1 Å². The van der Waals surface area contributed by atoms with E-state index in [1.807, 2.05) is 48.5 Å². The smallest absolute Gasteiger partial charge is 0.255 e. The first-order valence-electron chi connectivity index (χ1n) is 9.11. The van der Waals surface area contributed by atoms with Gasteiger partial charge in [0.05, 0.1) is 42.1 Å². The molecule has 2 aromatic heterocycles. The summed E-state index contributed by atoms with van der Waals surface area (Å²) in [5, 5.41) is 9.92. The van der Waals surface area contributed by atoms with Gasteiger partial charge in [-0.2, -0.15) is 5.10 Å². The molecule has 0 saturated carbocycles. The van der Waals surface area contributed by atoms with Crippen LogP contribution in [-0.4, -0.2) is 32.8 Å². The second kappa shape index (κ2) is 7.56. The number of benzene rings is 2. The van der Waals surface area contributed by atoms with Gasteiger partial charge in [-0.25, -0.2) is 4.98 Å². The van der Waals surface area contributed by atoms with Crippen LogP contribution in [0.1, 0.15) is 23.1 Å². The molecule has 2 N–H and O–H groups in total. The Hall–Kier alpha value is -3.61. The van der Waals surface area contributed by atoms with Gasteiger partial charge >= 0.3 is 0 Å². The molecule has 7 nitrogen and oxygen atoms in total. The number of H-pyrrole nitrogens is 1. The highest BCUT2D eigenvalue weighted by Gasteiger charge is 2.17. The fraction of sp³-hybridized carbons (Fsp3) is 0.190. The van der Waals surface area contributed by atoms with Crippen LogP contribution in [0.15, 0.2) is 54.7 Å². The number of aryl methyl sites for hydroxylation is 1. The van der Waals surface area contributed by atoms with E-state index in [9.17, 15) is 4.79 Å². The summed E-state index contributed by atoms with van der Waals surface area (Å²) in [5.41, 5.74) is 4.02. The molecule has 4 rings (SSSR count). The number of rotatable bonds is 6. The maximum Gasteiger partial charge on any atom is 0.255 e. The topological polar surface area (TPSA) is 84.8 Å². The van der Waals surface area contributed by atoms with Crippen molar-refractivity contribution in [1.82, 2.24) is 25.1 Å². The van der Waals surface area contributed by atoms with Gasteiger partial charge in [-0.05, 0) is 43.3 Å². The number of nitrogens with one attached hydrogen (secondary N) is 2. The highest BCUT2D eigenvalue weighted by molar-refractivity contribution is 5.99. The Balaban J connectivity index is 1.55. The van der Waals surface area contributed by atoms with Crippen LogP contribution in [0.25, 0.3) is 22.3 Å². The molecule has 2 heterocycles. The van der Waals surface area contributed by atoms with E-state index < -0.39 is 0 Å². The molecule has 0 saturated heterocycles. The molecule has 0 fully saturated rings. The van der Waals surface area contributed by atoms with Crippen molar-refractivity contribution in [2.45, 2.75) is 20.0 Å². The van der Waals surface area contributed by atoms with Crippen molar-refractivity contribution in [2.24, 2.45) is 0 Å². The van der Waals surface area contributed by atoms with E-state index in [4.69, 9.17) is 4.74 Å². The number of fused-ring (bicyclic) bond motifs is 1. The zero-order chi connectivity index (χ0) is 19.5. The number of methoxy groups -OCH3 is 1. The third kappa shape index (κ3) is 3.22. The van der Waals surface area contributed by atoms with E-state index in [2.05, 4.69) is 32.0 Å². The Bertz CT molecular complexity index is 1110. The number of ether oxygens (including phenoxy) is 1. The highest BCUT2D eigenvalue weighted by atomic mass is 16.5. The van der Waals surface area contributed by atoms with E-state index in [0.29, 0.717) is 17.8 Å². The summed E-state index contributed by atoms with van der Waals surface area (Å²) in [6, 6.07) is 15.4. The van der Waals surface area contributed by atoms with Crippen LogP contribution in [0.2, 0.25) is 0 Å². The lowest BCUT2D eigenvalue weighted by Gasteiger charge is -2.08. The molecule has 0 aliphatic carbocycles. The SMILES string of the molecule is CCn1c(CNC(=O)c2cn[nH]c2-c2ccc(OC)cc2)nc2ccccc21. The van der Waals surface area contributed by atoms with E-state index in [0.717, 1.165) is 34.7 Å². The summed E-state index contributed by atoms with van der Waals surface area (Å²) in [4.78, 5) is 17.4. The highest BCUT2D eigenvalue weighted by Crippen LogP contribution is 2.24. The number of hydrogen-bond acceptors (Lipinski definition) is 4. The molecule has 0 spiro atoms. The van der Waals surface area contributed by atoms with Gasteiger partial charge in [0.25, 0.3) is 5.91 Å². The third-order valence-corrected chi connectivity index (χ3v) is 4.72. The number of carbonyl (C=O) groups excluding carboxylic acids is 1. The standard InChI is InChI=1S/C21H21N5O2/c1-3-26-18-7-5-4-6-17(18)24-19(26)13-22-21(27)16-12-23-25-20(16)14-8-10-15(28-2)11-9-14/h4-12H,3,13H2,1-2H3,(H,22,27)(H,23,25). The quantitative estimate of drug-likeness (QED) is 0.541. The molecule has 28 heavy (non-hydrogen) atoms. The first-order valence-corrected chi connectivity index (χ1v) is 9.11. The van der Waals surface area contributed by atoms with Crippen molar-refractivity contribution < 1.29 is 9.53 Å². The van der Waals surface area contributed by atoms with Gasteiger partial charge in [-0.3, -0.25) is 9.89 Å². The van der Waals surface area contributed by atoms with Crippen molar-refractivity contribution in [3.8, 4) is 17.0 Å². The molecule has 142 valence electrons. The molecule has 7 heteroatoms. The Morgan fingerprint density at radius 2 is 1.96 bits per heavy atom. The van der Waals surface area contributed by atoms with Gasteiger partial charge in [0, 0.05) is 12.1 Å². The second-order valence-corrected chi connectivity index (χ2v) is 6.33.